The van der Waals surface area contributed by atoms with Crippen LogP contribution in [0.25, 0.3) is 0 Å². The molecule has 0 saturated heterocycles. The van der Waals surface area contributed by atoms with Crippen LogP contribution in [-0.4, -0.2) is 39.3 Å². The number of hydrogen-bond donors (Lipinski definition) is 1. The molecule has 0 bridgehead atoms. The average Bonchev–Trinajstić information content (AvgIpc) is 2.72. The second-order valence-corrected chi connectivity index (χ2v) is 4.50. The summed E-state index contributed by atoms with van der Waals surface area (Å²) in [6, 6.07) is 0.406. The van der Waals surface area contributed by atoms with Gasteiger partial charge in [-0.1, -0.05) is 12.1 Å². The summed E-state index contributed by atoms with van der Waals surface area (Å²) in [6.45, 7) is 8.07. The molecule has 0 aliphatic carbocycles. The molecule has 0 atom stereocenters. The molecule has 0 saturated carbocycles. The molecule has 0 unspecified atom stereocenters. The normalized spacial score (nSPS) is 11.6. The second kappa shape index (κ2) is 7.40. The molecule has 98 valence electrons. The predicted octanol–water partition coefficient (Wildman–Crippen LogP) is 1.61. The van der Waals surface area contributed by atoms with Crippen LogP contribution in [0, 0.1) is 0 Å². The molecular weight excluding hydrogens is 218 g/mol. The van der Waals surface area contributed by atoms with Crippen molar-refractivity contribution in [1.29, 1.82) is 0 Å². The van der Waals surface area contributed by atoms with Gasteiger partial charge in [-0.2, -0.15) is 4.98 Å². The van der Waals surface area contributed by atoms with Crippen LogP contribution in [-0.2, 0) is 13.0 Å². The topological polar surface area (TPSA) is 62.4 Å². The van der Waals surface area contributed by atoms with E-state index in [1.54, 1.807) is 0 Å². The average molecular weight is 241 g/mol. The van der Waals surface area contributed by atoms with E-state index in [4.69, 9.17) is 9.63 Å². The Morgan fingerprint density at radius 3 is 2.76 bits per heavy atom. The van der Waals surface area contributed by atoms with Gasteiger partial charge in [0.2, 0.25) is 5.89 Å². The Labute approximate surface area is 103 Å². The highest BCUT2D eigenvalue weighted by atomic mass is 16.5. The van der Waals surface area contributed by atoms with Crippen LogP contribution in [0.1, 0.15) is 45.3 Å². The van der Waals surface area contributed by atoms with Crippen molar-refractivity contribution in [3.8, 4) is 0 Å². The summed E-state index contributed by atoms with van der Waals surface area (Å²) in [5, 5.41) is 12.8. The number of aromatic nitrogens is 2. The van der Waals surface area contributed by atoms with Crippen LogP contribution in [0.15, 0.2) is 4.52 Å². The molecule has 0 aliphatic rings. The van der Waals surface area contributed by atoms with E-state index >= 15 is 0 Å². The first-order valence-corrected chi connectivity index (χ1v) is 6.33. The Bertz CT molecular complexity index is 312. The lowest BCUT2D eigenvalue weighted by Gasteiger charge is -2.24. The summed E-state index contributed by atoms with van der Waals surface area (Å²) >= 11 is 0. The van der Waals surface area contributed by atoms with Crippen molar-refractivity contribution in [3.63, 3.8) is 0 Å². The molecule has 0 amide bonds. The number of aliphatic hydroxyl groups is 1. The minimum absolute atomic E-state index is 0.216. The minimum atomic E-state index is 0.216. The molecule has 1 aromatic heterocycles. The monoisotopic (exact) mass is 241 g/mol. The molecule has 5 nitrogen and oxygen atoms in total. The van der Waals surface area contributed by atoms with E-state index in [2.05, 4.69) is 35.8 Å². The fourth-order valence-electron chi connectivity index (χ4n) is 1.65. The first-order chi connectivity index (χ1) is 8.17. The Balaban J connectivity index is 2.52. The minimum Gasteiger partial charge on any atom is -0.396 e. The summed E-state index contributed by atoms with van der Waals surface area (Å²) in [5.41, 5.74) is 0. The van der Waals surface area contributed by atoms with Gasteiger partial charge in [-0.25, -0.2) is 0 Å². The van der Waals surface area contributed by atoms with Gasteiger partial charge in [0.1, 0.15) is 0 Å². The van der Waals surface area contributed by atoms with Crippen LogP contribution in [0.3, 0.4) is 0 Å². The van der Waals surface area contributed by atoms with Crippen molar-refractivity contribution in [2.75, 3.05) is 13.2 Å². The van der Waals surface area contributed by atoms with Gasteiger partial charge in [0.15, 0.2) is 5.82 Å². The van der Waals surface area contributed by atoms with Gasteiger partial charge in [0, 0.05) is 25.6 Å². The molecular formula is C12H23N3O2. The molecule has 0 spiro atoms. The van der Waals surface area contributed by atoms with E-state index < -0.39 is 0 Å². The maximum atomic E-state index is 8.86. The van der Waals surface area contributed by atoms with E-state index in [0.29, 0.717) is 18.5 Å². The second-order valence-electron chi connectivity index (χ2n) is 4.50. The van der Waals surface area contributed by atoms with Gasteiger partial charge in [0.25, 0.3) is 0 Å². The van der Waals surface area contributed by atoms with Crippen molar-refractivity contribution in [3.05, 3.63) is 11.7 Å². The lowest BCUT2D eigenvalue weighted by molar-refractivity contribution is 0.165. The molecule has 0 aromatic carbocycles. The highest BCUT2D eigenvalue weighted by Crippen LogP contribution is 2.08. The van der Waals surface area contributed by atoms with Crippen molar-refractivity contribution in [2.24, 2.45) is 0 Å². The number of aliphatic hydroxyl groups excluding tert-OH is 1. The molecule has 1 aromatic rings. The molecule has 0 aliphatic heterocycles. The summed E-state index contributed by atoms with van der Waals surface area (Å²) < 4.78 is 5.21. The zero-order valence-corrected chi connectivity index (χ0v) is 11.0. The zero-order valence-electron chi connectivity index (χ0n) is 11.0. The largest absolute Gasteiger partial charge is 0.396 e. The first kappa shape index (κ1) is 14.1. The Morgan fingerprint density at radius 2 is 2.18 bits per heavy atom. The number of rotatable bonds is 8. The molecule has 0 fully saturated rings. The molecule has 17 heavy (non-hydrogen) atoms. The third-order valence-corrected chi connectivity index (χ3v) is 2.66. The molecule has 1 N–H and O–H groups in total. The van der Waals surface area contributed by atoms with E-state index in [9.17, 15) is 0 Å². The number of nitrogens with zero attached hydrogens (tertiary/aromatic N) is 3. The van der Waals surface area contributed by atoms with E-state index in [1.807, 2.05) is 0 Å². The Hall–Kier alpha value is -0.940. The molecule has 1 heterocycles. The van der Waals surface area contributed by atoms with Gasteiger partial charge >= 0.3 is 0 Å². The van der Waals surface area contributed by atoms with Crippen molar-refractivity contribution in [1.82, 2.24) is 15.0 Å². The number of hydrogen-bond acceptors (Lipinski definition) is 5. The summed E-state index contributed by atoms with van der Waals surface area (Å²) in [5.74, 6) is 1.45. The van der Waals surface area contributed by atoms with Crippen LogP contribution in [0.2, 0.25) is 0 Å². The smallest absolute Gasteiger partial charge is 0.240 e. The molecule has 5 heteroatoms. The third-order valence-electron chi connectivity index (χ3n) is 2.66. The van der Waals surface area contributed by atoms with E-state index in [0.717, 1.165) is 31.6 Å². The predicted molar refractivity (Wildman–Crippen MR) is 65.5 cm³/mol. The maximum Gasteiger partial charge on any atom is 0.240 e. The fraction of sp³-hybridized carbons (Fsp3) is 0.833. The highest BCUT2D eigenvalue weighted by molar-refractivity contribution is 4.86. The van der Waals surface area contributed by atoms with Gasteiger partial charge in [-0.15, -0.1) is 0 Å². The van der Waals surface area contributed by atoms with E-state index in [-0.39, 0.29) is 6.61 Å². The van der Waals surface area contributed by atoms with Crippen LogP contribution in [0.4, 0.5) is 0 Å². The van der Waals surface area contributed by atoms with Crippen molar-refractivity contribution >= 4 is 0 Å². The molecule has 1 rings (SSSR count). The quantitative estimate of drug-likeness (QED) is 0.749. The third kappa shape index (κ3) is 4.83. The van der Waals surface area contributed by atoms with Crippen LogP contribution >= 0.6 is 0 Å². The first-order valence-electron chi connectivity index (χ1n) is 6.33. The standard InChI is InChI=1S/C12H23N3O2/c1-4-6-11-13-12(17-14-11)9-15(10(2)3)7-5-8-16/h10,16H,4-9H2,1-3H3. The highest BCUT2D eigenvalue weighted by Gasteiger charge is 2.14. The number of aryl methyl sites for hydroxylation is 1. The van der Waals surface area contributed by atoms with Gasteiger partial charge in [0.05, 0.1) is 6.54 Å². The maximum absolute atomic E-state index is 8.86. The molecule has 0 radical (unpaired) electrons. The Kier molecular flexibility index (Phi) is 6.15. The summed E-state index contributed by atoms with van der Waals surface area (Å²) in [4.78, 5) is 6.57. The van der Waals surface area contributed by atoms with Gasteiger partial charge in [-0.3, -0.25) is 4.90 Å². The van der Waals surface area contributed by atoms with Crippen LogP contribution in [0.5, 0.6) is 0 Å². The van der Waals surface area contributed by atoms with Crippen LogP contribution < -0.4 is 0 Å². The zero-order chi connectivity index (χ0) is 12.7. The summed E-state index contributed by atoms with van der Waals surface area (Å²) in [7, 11) is 0. The SMILES string of the molecule is CCCc1noc(CN(CCCO)C(C)C)n1. The Morgan fingerprint density at radius 1 is 1.41 bits per heavy atom. The lowest BCUT2D eigenvalue weighted by atomic mass is 10.3. The van der Waals surface area contributed by atoms with Crippen molar-refractivity contribution in [2.45, 2.75) is 52.6 Å². The fourth-order valence-corrected chi connectivity index (χ4v) is 1.65. The lowest BCUT2D eigenvalue weighted by Crippen LogP contribution is -2.31. The van der Waals surface area contributed by atoms with Gasteiger partial charge < -0.3 is 9.63 Å². The van der Waals surface area contributed by atoms with Crippen molar-refractivity contribution < 1.29 is 9.63 Å². The van der Waals surface area contributed by atoms with E-state index in [1.165, 1.54) is 0 Å². The summed E-state index contributed by atoms with van der Waals surface area (Å²) in [6.07, 6.45) is 2.66. The van der Waals surface area contributed by atoms with Gasteiger partial charge in [-0.05, 0) is 26.7 Å².